The highest BCUT2D eigenvalue weighted by molar-refractivity contribution is 6.30. The van der Waals surface area contributed by atoms with Crippen LogP contribution in [0.15, 0.2) is 66.9 Å². The fourth-order valence-corrected chi connectivity index (χ4v) is 4.03. The van der Waals surface area contributed by atoms with Gasteiger partial charge in [0, 0.05) is 48.6 Å². The van der Waals surface area contributed by atoms with Crippen molar-refractivity contribution in [2.75, 3.05) is 31.1 Å². The van der Waals surface area contributed by atoms with Crippen molar-refractivity contribution in [3.63, 3.8) is 0 Å². The van der Waals surface area contributed by atoms with Crippen LogP contribution in [0, 0.1) is 6.92 Å². The fourth-order valence-electron chi connectivity index (χ4n) is 3.86. The van der Waals surface area contributed by atoms with Gasteiger partial charge in [0.2, 0.25) is 11.7 Å². The molecule has 154 valence electrons. The van der Waals surface area contributed by atoms with E-state index in [4.69, 9.17) is 11.6 Å². The Morgan fingerprint density at radius 3 is 2.40 bits per heavy atom. The van der Waals surface area contributed by atoms with Crippen molar-refractivity contribution in [2.24, 2.45) is 0 Å². The van der Waals surface area contributed by atoms with Gasteiger partial charge in [-0.1, -0.05) is 48.0 Å². The molecular formula is C24H24ClN3O2. The molecule has 0 atom stereocenters. The van der Waals surface area contributed by atoms with Crippen LogP contribution in [0.25, 0.3) is 0 Å². The maximum absolute atomic E-state index is 12.9. The summed E-state index contributed by atoms with van der Waals surface area (Å²) in [7, 11) is 0. The van der Waals surface area contributed by atoms with E-state index < -0.39 is 0 Å². The van der Waals surface area contributed by atoms with Crippen molar-refractivity contribution in [1.82, 2.24) is 9.47 Å². The predicted molar refractivity (Wildman–Crippen MR) is 119 cm³/mol. The Labute approximate surface area is 181 Å². The Morgan fingerprint density at radius 1 is 0.933 bits per heavy atom. The quantitative estimate of drug-likeness (QED) is 0.584. The Hall–Kier alpha value is -3.05. The number of ketones is 1. The van der Waals surface area contributed by atoms with Crippen molar-refractivity contribution in [1.29, 1.82) is 0 Å². The Bertz CT molecular complexity index is 1050. The van der Waals surface area contributed by atoms with Crippen LogP contribution in [0.2, 0.25) is 5.02 Å². The number of rotatable bonds is 5. The van der Waals surface area contributed by atoms with Gasteiger partial charge in [0.15, 0.2) is 0 Å². The number of carbonyl (C=O) groups excluding carboxylic acids is 2. The summed E-state index contributed by atoms with van der Waals surface area (Å²) >= 11 is 6.16. The molecule has 0 bridgehead atoms. The molecule has 0 aliphatic carbocycles. The van der Waals surface area contributed by atoms with E-state index in [9.17, 15) is 9.59 Å². The minimum Gasteiger partial charge on any atom is -0.368 e. The van der Waals surface area contributed by atoms with Gasteiger partial charge in [-0.3, -0.25) is 9.59 Å². The van der Waals surface area contributed by atoms with E-state index in [0.717, 1.165) is 23.8 Å². The molecule has 30 heavy (non-hydrogen) atoms. The summed E-state index contributed by atoms with van der Waals surface area (Å²) < 4.78 is 1.74. The van der Waals surface area contributed by atoms with Crippen LogP contribution >= 0.6 is 11.6 Å². The first kappa shape index (κ1) is 20.2. The summed E-state index contributed by atoms with van der Waals surface area (Å²) in [5.41, 5.74) is 3.45. The fraction of sp³-hybridized carbons (Fsp3) is 0.250. The molecule has 2 heterocycles. The number of halogens is 1. The summed E-state index contributed by atoms with van der Waals surface area (Å²) in [4.78, 5) is 29.8. The topological polar surface area (TPSA) is 45.5 Å². The molecule has 4 rings (SSSR count). The lowest BCUT2D eigenvalue weighted by Crippen LogP contribution is -2.49. The van der Waals surface area contributed by atoms with E-state index >= 15 is 0 Å². The standard InChI is InChI=1S/C24H24ClN3O2/c1-18-9-10-20(25)16-22(18)26-12-14-27(15-13-26)23(29)17-28-11-5-8-21(28)24(30)19-6-3-2-4-7-19/h2-11,16H,12-15,17H2,1H3. The Kier molecular flexibility index (Phi) is 5.91. The summed E-state index contributed by atoms with van der Waals surface area (Å²) in [5.74, 6) is -0.0505. The number of aryl methyl sites for hydroxylation is 1. The smallest absolute Gasteiger partial charge is 0.242 e. The second kappa shape index (κ2) is 8.76. The van der Waals surface area contributed by atoms with Crippen LogP contribution in [0.5, 0.6) is 0 Å². The average Bonchev–Trinajstić information content (AvgIpc) is 3.23. The van der Waals surface area contributed by atoms with Crippen molar-refractivity contribution in [2.45, 2.75) is 13.5 Å². The number of hydrogen-bond acceptors (Lipinski definition) is 3. The molecule has 0 N–H and O–H groups in total. The van der Waals surface area contributed by atoms with Crippen LogP contribution in [-0.2, 0) is 11.3 Å². The highest BCUT2D eigenvalue weighted by Gasteiger charge is 2.23. The zero-order chi connectivity index (χ0) is 21.1. The molecule has 1 fully saturated rings. The lowest BCUT2D eigenvalue weighted by molar-refractivity contribution is -0.132. The van der Waals surface area contributed by atoms with Crippen LogP contribution in [0.4, 0.5) is 5.69 Å². The van der Waals surface area contributed by atoms with Gasteiger partial charge >= 0.3 is 0 Å². The monoisotopic (exact) mass is 421 g/mol. The van der Waals surface area contributed by atoms with E-state index in [1.54, 1.807) is 29.0 Å². The molecule has 2 aromatic carbocycles. The van der Waals surface area contributed by atoms with Crippen LogP contribution < -0.4 is 4.90 Å². The Morgan fingerprint density at radius 2 is 1.67 bits per heavy atom. The van der Waals surface area contributed by atoms with Crippen LogP contribution in [0.1, 0.15) is 21.6 Å². The molecule has 0 saturated carbocycles. The summed E-state index contributed by atoms with van der Waals surface area (Å²) in [6.07, 6.45) is 1.79. The predicted octanol–water partition coefficient (Wildman–Crippen LogP) is 4.03. The molecule has 1 amide bonds. The zero-order valence-electron chi connectivity index (χ0n) is 16.9. The van der Waals surface area contributed by atoms with Crippen molar-refractivity contribution in [3.8, 4) is 0 Å². The van der Waals surface area contributed by atoms with E-state index in [0.29, 0.717) is 24.3 Å². The van der Waals surface area contributed by atoms with Crippen molar-refractivity contribution < 1.29 is 9.59 Å². The molecule has 1 aromatic heterocycles. The maximum Gasteiger partial charge on any atom is 0.242 e. The van der Waals surface area contributed by atoms with Crippen LogP contribution in [-0.4, -0.2) is 47.3 Å². The number of piperazine rings is 1. The van der Waals surface area contributed by atoms with Gasteiger partial charge in [-0.05, 0) is 36.8 Å². The van der Waals surface area contributed by atoms with Gasteiger partial charge < -0.3 is 14.4 Å². The maximum atomic E-state index is 12.9. The number of amides is 1. The third kappa shape index (κ3) is 4.26. The largest absolute Gasteiger partial charge is 0.368 e. The minimum atomic E-state index is -0.0744. The minimum absolute atomic E-state index is 0.0239. The first-order chi connectivity index (χ1) is 14.5. The number of anilines is 1. The first-order valence-electron chi connectivity index (χ1n) is 10.1. The number of nitrogens with zero attached hydrogens (tertiary/aromatic N) is 3. The lowest BCUT2D eigenvalue weighted by atomic mass is 10.1. The highest BCUT2D eigenvalue weighted by Crippen LogP contribution is 2.25. The van der Waals surface area contributed by atoms with Gasteiger partial charge in [-0.25, -0.2) is 0 Å². The number of aromatic nitrogens is 1. The molecule has 0 unspecified atom stereocenters. The lowest BCUT2D eigenvalue weighted by Gasteiger charge is -2.37. The number of benzene rings is 2. The van der Waals surface area contributed by atoms with Crippen LogP contribution in [0.3, 0.4) is 0 Å². The molecule has 5 nitrogen and oxygen atoms in total. The highest BCUT2D eigenvalue weighted by atomic mass is 35.5. The Balaban J connectivity index is 1.40. The SMILES string of the molecule is Cc1ccc(Cl)cc1N1CCN(C(=O)Cn2cccc2C(=O)c2ccccc2)CC1. The van der Waals surface area contributed by atoms with Crippen molar-refractivity contribution >= 4 is 29.0 Å². The molecule has 3 aromatic rings. The van der Waals surface area contributed by atoms with Gasteiger partial charge in [0.25, 0.3) is 0 Å². The third-order valence-electron chi connectivity index (χ3n) is 5.55. The molecule has 0 radical (unpaired) electrons. The third-order valence-corrected chi connectivity index (χ3v) is 5.78. The molecule has 6 heteroatoms. The first-order valence-corrected chi connectivity index (χ1v) is 10.4. The van der Waals surface area contributed by atoms with Gasteiger partial charge in [0.1, 0.15) is 6.54 Å². The number of hydrogen-bond donors (Lipinski definition) is 0. The molecule has 0 spiro atoms. The second-order valence-corrected chi connectivity index (χ2v) is 7.95. The van der Waals surface area contributed by atoms with Crippen molar-refractivity contribution in [3.05, 3.63) is 88.7 Å². The second-order valence-electron chi connectivity index (χ2n) is 7.52. The molecule has 1 aliphatic rings. The van der Waals surface area contributed by atoms with E-state index in [-0.39, 0.29) is 18.2 Å². The van der Waals surface area contributed by atoms with E-state index in [1.807, 2.05) is 47.4 Å². The summed E-state index contributed by atoms with van der Waals surface area (Å²) in [5, 5.41) is 0.720. The number of carbonyl (C=O) groups is 2. The summed E-state index contributed by atoms with van der Waals surface area (Å²) in [6.45, 7) is 5.04. The molecule has 1 aliphatic heterocycles. The summed E-state index contributed by atoms with van der Waals surface area (Å²) in [6, 6.07) is 18.6. The van der Waals surface area contributed by atoms with E-state index in [1.165, 1.54) is 5.56 Å². The van der Waals surface area contributed by atoms with E-state index in [2.05, 4.69) is 11.8 Å². The van der Waals surface area contributed by atoms with Gasteiger partial charge in [-0.15, -0.1) is 0 Å². The molecule has 1 saturated heterocycles. The molecular weight excluding hydrogens is 398 g/mol. The average molecular weight is 422 g/mol. The zero-order valence-corrected chi connectivity index (χ0v) is 17.7. The van der Waals surface area contributed by atoms with Gasteiger partial charge in [0.05, 0.1) is 5.69 Å². The van der Waals surface area contributed by atoms with Gasteiger partial charge in [-0.2, -0.15) is 0 Å². The normalized spacial score (nSPS) is 14.1.